The summed E-state index contributed by atoms with van der Waals surface area (Å²) in [6.07, 6.45) is 1.89. The summed E-state index contributed by atoms with van der Waals surface area (Å²) < 4.78 is 7.47. The van der Waals surface area contributed by atoms with Crippen molar-refractivity contribution >= 4 is 17.7 Å². The number of hydrogen-bond donors (Lipinski definition) is 0. The zero-order valence-electron chi connectivity index (χ0n) is 15.9. The summed E-state index contributed by atoms with van der Waals surface area (Å²) in [6.45, 7) is 4.65. The molecule has 0 unspecified atom stereocenters. The molecule has 2 aromatic carbocycles. The predicted molar refractivity (Wildman–Crippen MR) is 112 cm³/mol. The molecule has 0 radical (unpaired) electrons. The molecule has 5 nitrogen and oxygen atoms in total. The van der Waals surface area contributed by atoms with E-state index in [1.807, 2.05) is 29.3 Å². The molecule has 0 aliphatic carbocycles. The van der Waals surface area contributed by atoms with Gasteiger partial charge in [0.05, 0.1) is 30.9 Å². The van der Waals surface area contributed by atoms with Gasteiger partial charge >= 0.3 is 0 Å². The van der Waals surface area contributed by atoms with Crippen LogP contribution in [-0.4, -0.2) is 52.4 Å². The van der Waals surface area contributed by atoms with Gasteiger partial charge in [-0.05, 0) is 19.1 Å². The number of aryl methyl sites for hydroxylation is 1. The van der Waals surface area contributed by atoms with Gasteiger partial charge in [-0.2, -0.15) is 0 Å². The zero-order valence-corrected chi connectivity index (χ0v) is 16.7. The average molecular weight is 394 g/mol. The highest BCUT2D eigenvalue weighted by Gasteiger charge is 2.19. The lowest BCUT2D eigenvalue weighted by molar-refractivity contribution is -0.132. The first-order chi connectivity index (χ1) is 13.7. The molecule has 6 heteroatoms. The van der Waals surface area contributed by atoms with Crippen LogP contribution in [0, 0.1) is 6.92 Å². The molecule has 1 aromatic heterocycles. The van der Waals surface area contributed by atoms with E-state index in [1.54, 1.807) is 0 Å². The van der Waals surface area contributed by atoms with Crippen LogP contribution in [0.15, 0.2) is 66.0 Å². The molecular formula is C22H23N3O2S. The first kappa shape index (κ1) is 18.8. The summed E-state index contributed by atoms with van der Waals surface area (Å²) in [6, 6.07) is 18.6. The highest BCUT2D eigenvalue weighted by Crippen LogP contribution is 2.30. The van der Waals surface area contributed by atoms with Gasteiger partial charge in [-0.15, -0.1) is 0 Å². The molecule has 0 spiro atoms. The largest absolute Gasteiger partial charge is 0.378 e. The van der Waals surface area contributed by atoms with E-state index >= 15 is 0 Å². The molecule has 0 atom stereocenters. The van der Waals surface area contributed by atoms with Gasteiger partial charge < -0.3 is 9.64 Å². The molecule has 4 rings (SSSR count). The van der Waals surface area contributed by atoms with Gasteiger partial charge in [-0.1, -0.05) is 59.8 Å². The van der Waals surface area contributed by atoms with Gasteiger partial charge in [0.25, 0.3) is 0 Å². The Morgan fingerprint density at radius 2 is 1.79 bits per heavy atom. The zero-order chi connectivity index (χ0) is 19.3. The number of morpholine rings is 1. The van der Waals surface area contributed by atoms with E-state index in [1.165, 1.54) is 17.3 Å². The Hall–Kier alpha value is -2.57. The fraction of sp³-hybridized carbons (Fsp3) is 0.273. The Bertz CT molecular complexity index is 932. The molecule has 0 N–H and O–H groups in total. The summed E-state index contributed by atoms with van der Waals surface area (Å²) >= 11 is 1.48. The number of thioether (sulfide) groups is 1. The van der Waals surface area contributed by atoms with Crippen LogP contribution in [0.4, 0.5) is 0 Å². The van der Waals surface area contributed by atoms with Crippen LogP contribution in [0.1, 0.15) is 5.56 Å². The standard InChI is InChI=1S/C22H23N3O2S/c1-17-7-9-19(10-8-17)25-20(18-5-3-2-4-6-18)15-23-22(25)28-16-21(26)24-11-13-27-14-12-24/h2-10,15H,11-14,16H2,1H3. The topological polar surface area (TPSA) is 47.4 Å². The number of rotatable bonds is 5. The normalized spacial score (nSPS) is 14.2. The van der Waals surface area contributed by atoms with Crippen molar-refractivity contribution in [1.29, 1.82) is 0 Å². The molecule has 1 saturated heterocycles. The van der Waals surface area contributed by atoms with Crippen molar-refractivity contribution in [1.82, 2.24) is 14.5 Å². The quantitative estimate of drug-likeness (QED) is 0.619. The van der Waals surface area contributed by atoms with E-state index in [0.717, 1.165) is 22.1 Å². The fourth-order valence-electron chi connectivity index (χ4n) is 3.22. The molecule has 1 amide bonds. The maximum atomic E-state index is 12.6. The number of imidazole rings is 1. The van der Waals surface area contributed by atoms with Crippen LogP contribution in [0.5, 0.6) is 0 Å². The number of hydrogen-bond acceptors (Lipinski definition) is 4. The van der Waals surface area contributed by atoms with E-state index in [0.29, 0.717) is 32.1 Å². The molecule has 0 bridgehead atoms. The number of amides is 1. The Morgan fingerprint density at radius 3 is 2.50 bits per heavy atom. The van der Waals surface area contributed by atoms with E-state index < -0.39 is 0 Å². The minimum atomic E-state index is 0.132. The summed E-state index contributed by atoms with van der Waals surface area (Å²) in [5, 5.41) is 0.823. The van der Waals surface area contributed by atoms with Crippen molar-refractivity contribution in [2.75, 3.05) is 32.1 Å². The lowest BCUT2D eigenvalue weighted by Crippen LogP contribution is -2.41. The van der Waals surface area contributed by atoms with Crippen molar-refractivity contribution in [3.8, 4) is 16.9 Å². The predicted octanol–water partition coefficient (Wildman–Crippen LogP) is 3.80. The molecule has 144 valence electrons. The summed E-state index contributed by atoms with van der Waals surface area (Å²) in [7, 11) is 0. The van der Waals surface area contributed by atoms with Gasteiger partial charge in [0.1, 0.15) is 0 Å². The summed E-state index contributed by atoms with van der Waals surface area (Å²) in [5.74, 6) is 0.505. The highest BCUT2D eigenvalue weighted by atomic mass is 32.2. The number of aromatic nitrogens is 2. The Balaban J connectivity index is 1.62. The maximum Gasteiger partial charge on any atom is 0.233 e. The first-order valence-electron chi connectivity index (χ1n) is 9.41. The van der Waals surface area contributed by atoms with Gasteiger partial charge in [0.15, 0.2) is 5.16 Å². The van der Waals surface area contributed by atoms with Crippen molar-refractivity contribution in [2.45, 2.75) is 12.1 Å². The van der Waals surface area contributed by atoms with E-state index in [-0.39, 0.29) is 5.91 Å². The third-order valence-corrected chi connectivity index (χ3v) is 5.72. The third-order valence-electron chi connectivity index (χ3n) is 4.78. The average Bonchev–Trinajstić information content (AvgIpc) is 3.18. The van der Waals surface area contributed by atoms with E-state index in [9.17, 15) is 4.79 Å². The summed E-state index contributed by atoms with van der Waals surface area (Å²) in [4.78, 5) is 19.1. The number of carbonyl (C=O) groups is 1. The van der Waals surface area contributed by atoms with Crippen LogP contribution in [0.3, 0.4) is 0 Å². The third kappa shape index (κ3) is 4.13. The smallest absolute Gasteiger partial charge is 0.233 e. The summed E-state index contributed by atoms with van der Waals surface area (Å²) in [5.41, 5.74) is 4.37. The molecule has 1 fully saturated rings. The van der Waals surface area contributed by atoms with E-state index in [2.05, 4.69) is 52.9 Å². The van der Waals surface area contributed by atoms with Crippen LogP contribution in [0.25, 0.3) is 16.9 Å². The minimum absolute atomic E-state index is 0.132. The minimum Gasteiger partial charge on any atom is -0.378 e. The second-order valence-electron chi connectivity index (χ2n) is 6.74. The van der Waals surface area contributed by atoms with E-state index in [4.69, 9.17) is 4.74 Å². The van der Waals surface area contributed by atoms with Crippen molar-refractivity contribution in [3.63, 3.8) is 0 Å². The Kier molecular flexibility index (Phi) is 5.78. The van der Waals surface area contributed by atoms with Crippen LogP contribution in [-0.2, 0) is 9.53 Å². The Labute approximate surface area is 169 Å². The van der Waals surface area contributed by atoms with Gasteiger partial charge in [0.2, 0.25) is 5.91 Å². The number of carbonyl (C=O) groups excluding carboxylic acids is 1. The molecule has 1 aliphatic rings. The second-order valence-corrected chi connectivity index (χ2v) is 7.69. The molecule has 3 aromatic rings. The Morgan fingerprint density at radius 1 is 1.07 bits per heavy atom. The maximum absolute atomic E-state index is 12.6. The SMILES string of the molecule is Cc1ccc(-n2c(-c3ccccc3)cnc2SCC(=O)N2CCOCC2)cc1. The lowest BCUT2D eigenvalue weighted by atomic mass is 10.1. The number of ether oxygens (including phenoxy) is 1. The van der Waals surface area contributed by atoms with Crippen LogP contribution >= 0.6 is 11.8 Å². The van der Waals surface area contributed by atoms with Crippen molar-refractivity contribution in [2.24, 2.45) is 0 Å². The van der Waals surface area contributed by atoms with Gasteiger partial charge in [-0.3, -0.25) is 9.36 Å². The molecule has 0 saturated carbocycles. The lowest BCUT2D eigenvalue weighted by Gasteiger charge is -2.26. The highest BCUT2D eigenvalue weighted by molar-refractivity contribution is 7.99. The molecule has 2 heterocycles. The number of nitrogens with zero attached hydrogens (tertiary/aromatic N) is 3. The van der Waals surface area contributed by atoms with Crippen LogP contribution in [0.2, 0.25) is 0 Å². The first-order valence-corrected chi connectivity index (χ1v) is 10.4. The van der Waals surface area contributed by atoms with Gasteiger partial charge in [0, 0.05) is 24.3 Å². The molecular weight excluding hydrogens is 370 g/mol. The number of benzene rings is 2. The van der Waals surface area contributed by atoms with Crippen molar-refractivity contribution < 1.29 is 9.53 Å². The second kappa shape index (κ2) is 8.63. The molecule has 1 aliphatic heterocycles. The van der Waals surface area contributed by atoms with Gasteiger partial charge in [-0.25, -0.2) is 4.98 Å². The van der Waals surface area contributed by atoms with Crippen molar-refractivity contribution in [3.05, 3.63) is 66.4 Å². The fourth-order valence-corrected chi connectivity index (χ4v) is 4.12. The molecule has 28 heavy (non-hydrogen) atoms. The monoisotopic (exact) mass is 393 g/mol. The van der Waals surface area contributed by atoms with Crippen LogP contribution < -0.4 is 0 Å².